The van der Waals surface area contributed by atoms with Gasteiger partial charge in [0.2, 0.25) is 0 Å². The van der Waals surface area contributed by atoms with Crippen LogP contribution >= 0.6 is 0 Å². The molecule has 1 N–H and O–H groups in total. The minimum atomic E-state index is -1.11. The smallest absolute Gasteiger partial charge is 0.155 e. The third-order valence-corrected chi connectivity index (χ3v) is 12.0. The molecule has 6 aromatic carbocycles. The van der Waals surface area contributed by atoms with Crippen molar-refractivity contribution in [1.29, 1.82) is 0 Å². The minimum Gasteiger partial charge on any atom is -0.497 e. The molecule has 0 spiro atoms. The third kappa shape index (κ3) is 8.56. The Hall–Kier alpha value is -6.95. The molecule has 0 amide bonds. The number of fused-ring (bicyclic) bond motifs is 1. The zero-order chi connectivity index (χ0) is 43.8. The van der Waals surface area contributed by atoms with Crippen LogP contribution in [0.4, 0.5) is 5.82 Å². The first-order valence-corrected chi connectivity index (χ1v) is 21.5. The third-order valence-electron chi connectivity index (χ3n) is 12.0. The Morgan fingerprint density at radius 2 is 1.23 bits per heavy atom. The van der Waals surface area contributed by atoms with E-state index in [4.69, 9.17) is 33.8 Å². The van der Waals surface area contributed by atoms with E-state index < -0.39 is 29.5 Å². The molecule has 8 aromatic rings. The van der Waals surface area contributed by atoms with Gasteiger partial charge in [-0.15, -0.1) is 0 Å². The number of hydrogen-bond acceptors (Lipinski definition) is 9. The molecule has 1 saturated heterocycles. The first-order valence-electron chi connectivity index (χ1n) is 21.5. The summed E-state index contributed by atoms with van der Waals surface area (Å²) in [5.74, 6) is 1.17. The fourth-order valence-electron chi connectivity index (χ4n) is 8.84. The molecule has 10 nitrogen and oxygen atoms in total. The Morgan fingerprint density at radius 3 is 1.80 bits per heavy atom. The number of ether oxygens (including phenoxy) is 5. The summed E-state index contributed by atoms with van der Waals surface area (Å²) in [6.45, 7) is 3.23. The highest BCUT2D eigenvalue weighted by Gasteiger charge is 2.57. The topological polar surface area (TPSA) is 105 Å². The predicted octanol–water partition coefficient (Wildman–Crippen LogP) is 10.2. The van der Waals surface area contributed by atoms with Crippen molar-refractivity contribution in [1.82, 2.24) is 14.6 Å². The Bertz CT molecular complexity index is 2700. The molecular weight excluding hydrogens is 801 g/mol. The van der Waals surface area contributed by atoms with Crippen molar-refractivity contribution < 1.29 is 28.5 Å². The number of aromatic nitrogens is 3. The molecule has 3 heterocycles. The average Bonchev–Trinajstić information content (AvgIpc) is 3.87. The Kier molecular flexibility index (Phi) is 12.7. The molecule has 1 fully saturated rings. The summed E-state index contributed by atoms with van der Waals surface area (Å²) in [7, 11) is 1.65. The van der Waals surface area contributed by atoms with E-state index in [1.807, 2.05) is 165 Å². The summed E-state index contributed by atoms with van der Waals surface area (Å²) in [6.07, 6.45) is 0.390. The average molecular weight is 851 g/mol. The van der Waals surface area contributed by atoms with Crippen LogP contribution in [0.2, 0.25) is 0 Å². The van der Waals surface area contributed by atoms with Crippen LogP contribution in [0.3, 0.4) is 0 Å². The number of hydrogen-bond donors (Lipinski definition) is 1. The van der Waals surface area contributed by atoms with E-state index in [0.717, 1.165) is 45.4 Å². The predicted molar refractivity (Wildman–Crippen MR) is 246 cm³/mol. The van der Waals surface area contributed by atoms with Crippen LogP contribution in [0.15, 0.2) is 188 Å². The van der Waals surface area contributed by atoms with E-state index in [-0.39, 0.29) is 13.2 Å². The molecule has 9 rings (SSSR count). The number of benzene rings is 6. The van der Waals surface area contributed by atoms with Gasteiger partial charge in [-0.1, -0.05) is 164 Å². The first-order chi connectivity index (χ1) is 31.5. The van der Waals surface area contributed by atoms with Gasteiger partial charge in [0, 0.05) is 5.56 Å². The summed E-state index contributed by atoms with van der Waals surface area (Å²) in [6, 6.07) is 60.4. The molecule has 64 heavy (non-hydrogen) atoms. The van der Waals surface area contributed by atoms with Gasteiger partial charge < -0.3 is 29.0 Å². The van der Waals surface area contributed by atoms with Crippen molar-refractivity contribution in [3.63, 3.8) is 0 Å². The molecule has 0 unspecified atom stereocenters. The molecule has 0 bridgehead atoms. The highest BCUT2D eigenvalue weighted by atomic mass is 16.6. The van der Waals surface area contributed by atoms with Gasteiger partial charge in [-0.2, -0.15) is 5.10 Å². The standard InChI is InChI=1S/C54H50N4O6/c1-53(63-36-41-22-12-5-13-23-41)50(64-48(37-61-34-39-18-8-3-9-19-39)51(53)62-35-40-20-10-4-11-21-40)47-32-42(33-59)49-52(55-38-56-58(47)49)57-54(43-24-14-6-15-25-43,44-26-16-7-17-27-44)45-28-30-46(60-2)31-29-45/h3-33,38,48,50-51H,34-37H2,1-2H3,(H,55,56,57)/t48-,50+,51-,53+/m1/s1. The number of nitrogens with one attached hydrogen (secondary N) is 1. The number of anilines is 1. The van der Waals surface area contributed by atoms with Crippen LogP contribution in [0.25, 0.3) is 5.52 Å². The summed E-state index contributed by atoms with van der Waals surface area (Å²) < 4.78 is 34.8. The second-order valence-corrected chi connectivity index (χ2v) is 16.1. The van der Waals surface area contributed by atoms with E-state index in [2.05, 4.69) is 29.6 Å². The zero-order valence-corrected chi connectivity index (χ0v) is 35.8. The van der Waals surface area contributed by atoms with Crippen LogP contribution in [-0.4, -0.2) is 52.4 Å². The van der Waals surface area contributed by atoms with Crippen LogP contribution in [0, 0.1) is 0 Å². The van der Waals surface area contributed by atoms with Crippen LogP contribution < -0.4 is 10.1 Å². The maximum absolute atomic E-state index is 13.4. The monoisotopic (exact) mass is 850 g/mol. The number of aldehydes is 1. The minimum absolute atomic E-state index is 0.222. The van der Waals surface area contributed by atoms with Crippen molar-refractivity contribution in [2.24, 2.45) is 0 Å². The SMILES string of the molecule is COc1ccc(C(Nc2ncnn3c([C@@H]4O[C@H](COCc5ccccc5)[C@@H](OCc5ccccc5)[C@@]4(C)OCc4ccccc4)cc(C=O)c23)(c2ccccc2)c2ccccc2)cc1. The lowest BCUT2D eigenvalue weighted by molar-refractivity contribution is -0.148. The fourth-order valence-corrected chi connectivity index (χ4v) is 8.84. The second kappa shape index (κ2) is 19.2. The molecule has 0 aliphatic carbocycles. The Labute approximate surface area is 373 Å². The second-order valence-electron chi connectivity index (χ2n) is 16.1. The number of carbonyl (C=O) groups excluding carboxylic acids is 1. The summed E-state index contributed by atoms with van der Waals surface area (Å²) >= 11 is 0. The van der Waals surface area contributed by atoms with Gasteiger partial charge in [0.15, 0.2) is 12.1 Å². The Morgan fingerprint density at radius 1 is 0.703 bits per heavy atom. The zero-order valence-electron chi connectivity index (χ0n) is 35.8. The quantitative estimate of drug-likeness (QED) is 0.0667. The van der Waals surface area contributed by atoms with Crippen molar-refractivity contribution >= 4 is 17.6 Å². The van der Waals surface area contributed by atoms with Crippen LogP contribution in [-0.2, 0) is 44.3 Å². The van der Waals surface area contributed by atoms with Gasteiger partial charge in [-0.3, -0.25) is 4.79 Å². The van der Waals surface area contributed by atoms with Gasteiger partial charge >= 0.3 is 0 Å². The van der Waals surface area contributed by atoms with Crippen LogP contribution in [0.5, 0.6) is 5.75 Å². The molecule has 0 saturated carbocycles. The maximum Gasteiger partial charge on any atom is 0.155 e. The summed E-state index contributed by atoms with van der Waals surface area (Å²) in [5.41, 5.74) is 5.27. The maximum atomic E-state index is 13.4. The van der Waals surface area contributed by atoms with Gasteiger partial charge in [-0.25, -0.2) is 9.50 Å². The van der Waals surface area contributed by atoms with E-state index in [1.165, 1.54) is 6.33 Å². The molecule has 1 aliphatic heterocycles. The van der Waals surface area contributed by atoms with Crippen molar-refractivity contribution in [2.75, 3.05) is 19.0 Å². The normalized spacial score (nSPS) is 18.5. The number of nitrogens with zero attached hydrogens (tertiary/aromatic N) is 3. The van der Waals surface area contributed by atoms with Gasteiger partial charge in [0.1, 0.15) is 47.0 Å². The molecule has 2 aromatic heterocycles. The largest absolute Gasteiger partial charge is 0.497 e. The van der Waals surface area contributed by atoms with Gasteiger partial charge in [0.05, 0.1) is 39.2 Å². The summed E-state index contributed by atoms with van der Waals surface area (Å²) in [4.78, 5) is 18.2. The van der Waals surface area contributed by atoms with E-state index in [9.17, 15) is 4.79 Å². The van der Waals surface area contributed by atoms with E-state index >= 15 is 0 Å². The van der Waals surface area contributed by atoms with E-state index in [0.29, 0.717) is 35.8 Å². The number of carbonyl (C=O) groups is 1. The van der Waals surface area contributed by atoms with Crippen molar-refractivity contribution in [3.05, 3.63) is 233 Å². The van der Waals surface area contributed by atoms with Crippen molar-refractivity contribution in [3.8, 4) is 5.75 Å². The van der Waals surface area contributed by atoms with E-state index in [1.54, 1.807) is 11.6 Å². The highest BCUT2D eigenvalue weighted by Crippen LogP contribution is 2.48. The molecular formula is C54H50N4O6. The molecule has 10 heteroatoms. The van der Waals surface area contributed by atoms with Gasteiger partial charge in [-0.05, 0) is 58.5 Å². The molecule has 1 aliphatic rings. The summed E-state index contributed by atoms with van der Waals surface area (Å²) in [5, 5.41) is 8.72. The first kappa shape index (κ1) is 42.4. The lowest BCUT2D eigenvalue weighted by atomic mass is 9.77. The molecule has 0 radical (unpaired) electrons. The molecule has 322 valence electrons. The fraction of sp³-hybridized carbons (Fsp3) is 0.204. The Balaban J connectivity index is 1.17. The molecule has 4 atom stereocenters. The highest BCUT2D eigenvalue weighted by molar-refractivity contribution is 5.92. The van der Waals surface area contributed by atoms with Crippen LogP contribution in [0.1, 0.15) is 62.5 Å². The number of methoxy groups -OCH3 is 1. The lowest BCUT2D eigenvalue weighted by Crippen LogP contribution is -2.47. The number of rotatable bonds is 18. The van der Waals surface area contributed by atoms with Gasteiger partial charge in [0.25, 0.3) is 0 Å². The van der Waals surface area contributed by atoms with Crippen molar-refractivity contribution in [2.45, 2.75) is 56.2 Å². The lowest BCUT2D eigenvalue weighted by Gasteiger charge is -2.37.